The molecule has 0 aliphatic carbocycles. The highest BCUT2D eigenvalue weighted by Gasteiger charge is 2.29. The van der Waals surface area contributed by atoms with E-state index in [0.29, 0.717) is 9.82 Å². The van der Waals surface area contributed by atoms with Gasteiger partial charge in [0.2, 0.25) is 0 Å². The summed E-state index contributed by atoms with van der Waals surface area (Å²) in [4.78, 5) is 15.2. The van der Waals surface area contributed by atoms with E-state index in [1.165, 1.54) is 37.5 Å². The van der Waals surface area contributed by atoms with Crippen LogP contribution in [-0.4, -0.2) is 48.4 Å². The van der Waals surface area contributed by atoms with Crippen molar-refractivity contribution in [1.82, 2.24) is 13.9 Å². The Morgan fingerprint density at radius 1 is 1.21 bits per heavy atom. The van der Waals surface area contributed by atoms with E-state index >= 15 is 0 Å². The molecule has 1 fully saturated rings. The summed E-state index contributed by atoms with van der Waals surface area (Å²) in [6, 6.07) is 11.3. The largest absolute Gasteiger partial charge is 0.371 e. The zero-order valence-electron chi connectivity index (χ0n) is 15.8. The molecule has 3 aromatic rings. The van der Waals surface area contributed by atoms with E-state index in [4.69, 9.17) is 5.26 Å². The van der Waals surface area contributed by atoms with E-state index < -0.39 is 15.9 Å². The van der Waals surface area contributed by atoms with Gasteiger partial charge >= 0.3 is 0 Å². The lowest BCUT2D eigenvalue weighted by atomic mass is 10.2. The van der Waals surface area contributed by atoms with Crippen LogP contribution in [0, 0.1) is 11.3 Å². The van der Waals surface area contributed by atoms with Crippen LogP contribution in [0.1, 0.15) is 28.8 Å². The van der Waals surface area contributed by atoms with Crippen molar-refractivity contribution < 1.29 is 13.2 Å². The molecule has 1 amide bonds. The molecular weight excluding hydrogens is 390 g/mol. The molecule has 0 radical (unpaired) electrons. The first-order valence-corrected chi connectivity index (χ1v) is 10.6. The number of carbonyl (C=O) groups is 1. The molecule has 0 bridgehead atoms. The van der Waals surface area contributed by atoms with Gasteiger partial charge in [-0.1, -0.05) is 6.07 Å². The van der Waals surface area contributed by atoms with Crippen molar-refractivity contribution >= 4 is 27.1 Å². The van der Waals surface area contributed by atoms with E-state index in [2.05, 4.69) is 10.00 Å². The Morgan fingerprint density at radius 2 is 1.97 bits per heavy atom. The van der Waals surface area contributed by atoms with Crippen LogP contribution < -0.4 is 4.90 Å². The van der Waals surface area contributed by atoms with Crippen molar-refractivity contribution in [3.8, 4) is 6.07 Å². The maximum absolute atomic E-state index is 13.0. The average molecular weight is 409 g/mol. The van der Waals surface area contributed by atoms with Crippen LogP contribution >= 0.6 is 0 Å². The van der Waals surface area contributed by atoms with Crippen LogP contribution in [0.25, 0.3) is 5.52 Å². The summed E-state index contributed by atoms with van der Waals surface area (Å²) >= 11 is 0. The fourth-order valence-corrected chi connectivity index (χ4v) is 4.63. The molecular formula is C20H19N5O3S. The summed E-state index contributed by atoms with van der Waals surface area (Å²) < 4.78 is 28.1. The molecule has 0 unspecified atom stereocenters. The minimum absolute atomic E-state index is 0.110. The van der Waals surface area contributed by atoms with Crippen LogP contribution in [0.5, 0.6) is 0 Å². The molecule has 0 atom stereocenters. The summed E-state index contributed by atoms with van der Waals surface area (Å²) in [5, 5.41) is 13.2. The van der Waals surface area contributed by atoms with Crippen molar-refractivity contribution in [2.45, 2.75) is 17.7 Å². The maximum Gasteiger partial charge on any atom is 0.271 e. The molecule has 0 saturated carbocycles. The molecule has 3 heterocycles. The van der Waals surface area contributed by atoms with E-state index in [9.17, 15) is 13.2 Å². The third kappa shape index (κ3) is 3.32. The molecule has 4 rings (SSSR count). The number of hydrogen-bond donors (Lipinski definition) is 0. The minimum Gasteiger partial charge on any atom is -0.371 e. The first kappa shape index (κ1) is 19.0. The highest BCUT2D eigenvalue weighted by Crippen LogP contribution is 2.25. The maximum atomic E-state index is 13.0. The number of amides is 1. The van der Waals surface area contributed by atoms with E-state index in [-0.39, 0.29) is 16.0 Å². The fraction of sp³-hybridized carbons (Fsp3) is 0.250. The Hall–Kier alpha value is -3.38. The fourth-order valence-electron chi connectivity index (χ4n) is 3.47. The van der Waals surface area contributed by atoms with Crippen molar-refractivity contribution in [3.63, 3.8) is 0 Å². The number of nitrogens with zero attached hydrogens (tertiary/aromatic N) is 5. The summed E-state index contributed by atoms with van der Waals surface area (Å²) in [6.45, 7) is 1.91. The number of pyridine rings is 1. The molecule has 1 saturated heterocycles. The monoisotopic (exact) mass is 409 g/mol. The minimum atomic E-state index is -4.11. The van der Waals surface area contributed by atoms with Crippen LogP contribution in [0.15, 0.2) is 53.7 Å². The van der Waals surface area contributed by atoms with Gasteiger partial charge in [-0.3, -0.25) is 4.79 Å². The second kappa shape index (κ2) is 7.22. The molecule has 1 aliphatic heterocycles. The molecule has 8 nitrogen and oxygen atoms in total. The summed E-state index contributed by atoms with van der Waals surface area (Å²) in [7, 11) is -2.89. The number of anilines is 1. The molecule has 0 N–H and O–H groups in total. The quantitative estimate of drug-likeness (QED) is 0.655. The predicted octanol–water partition coefficient (Wildman–Crippen LogP) is 2.27. The number of aromatic nitrogens is 2. The van der Waals surface area contributed by atoms with Gasteiger partial charge in [0.1, 0.15) is 0 Å². The first-order chi connectivity index (χ1) is 13.9. The Morgan fingerprint density at radius 3 is 2.69 bits per heavy atom. The van der Waals surface area contributed by atoms with Crippen molar-refractivity contribution in [1.29, 1.82) is 5.26 Å². The summed E-state index contributed by atoms with van der Waals surface area (Å²) in [6.07, 6.45) is 5.39. The van der Waals surface area contributed by atoms with Crippen LogP contribution in [0.2, 0.25) is 0 Å². The molecule has 2 aromatic heterocycles. The topological polar surface area (TPSA) is 98.8 Å². The van der Waals surface area contributed by atoms with Gasteiger partial charge in [-0.15, -0.1) is 0 Å². The van der Waals surface area contributed by atoms with Gasteiger partial charge in [-0.2, -0.15) is 10.4 Å². The number of benzene rings is 1. The first-order valence-electron chi connectivity index (χ1n) is 9.17. The van der Waals surface area contributed by atoms with Gasteiger partial charge in [0.25, 0.3) is 15.9 Å². The highest BCUT2D eigenvalue weighted by atomic mass is 32.2. The molecule has 29 heavy (non-hydrogen) atoms. The lowest BCUT2D eigenvalue weighted by Crippen LogP contribution is -2.33. The number of rotatable bonds is 4. The number of carbonyl (C=O) groups excluding carboxylic acids is 1. The van der Waals surface area contributed by atoms with E-state index in [0.717, 1.165) is 31.6 Å². The zero-order valence-corrected chi connectivity index (χ0v) is 16.6. The van der Waals surface area contributed by atoms with Gasteiger partial charge in [-0.05, 0) is 43.2 Å². The number of sulfonamides is 1. The normalized spacial score (nSPS) is 14.1. The second-order valence-corrected chi connectivity index (χ2v) is 8.85. The lowest BCUT2D eigenvalue weighted by molar-refractivity contribution is 0.0884. The molecule has 9 heteroatoms. The van der Waals surface area contributed by atoms with Crippen molar-refractivity contribution in [2.75, 3.05) is 25.0 Å². The Balaban J connectivity index is 1.70. The zero-order chi connectivity index (χ0) is 20.6. The average Bonchev–Trinajstić information content (AvgIpc) is 3.42. The Kier molecular flexibility index (Phi) is 4.72. The predicted molar refractivity (Wildman–Crippen MR) is 107 cm³/mol. The van der Waals surface area contributed by atoms with E-state index in [1.807, 2.05) is 18.2 Å². The Bertz CT molecular complexity index is 1240. The smallest absolute Gasteiger partial charge is 0.271 e. The Labute approximate surface area is 168 Å². The third-order valence-electron chi connectivity index (χ3n) is 5.11. The van der Waals surface area contributed by atoms with Crippen molar-refractivity contribution in [3.05, 3.63) is 59.9 Å². The third-order valence-corrected chi connectivity index (χ3v) is 6.85. The summed E-state index contributed by atoms with van der Waals surface area (Å²) in [5.41, 5.74) is 1.94. The van der Waals surface area contributed by atoms with Gasteiger partial charge in [0.05, 0.1) is 33.8 Å². The van der Waals surface area contributed by atoms with Gasteiger partial charge < -0.3 is 4.90 Å². The van der Waals surface area contributed by atoms with Crippen LogP contribution in [0.3, 0.4) is 0 Å². The SMILES string of the molecule is CN(C(=O)c1cnn2ccc(N3CCCC3)cc12)S(=O)(=O)c1cccc(C#N)c1. The number of nitriles is 1. The second-order valence-electron chi connectivity index (χ2n) is 6.88. The summed E-state index contributed by atoms with van der Waals surface area (Å²) in [5.74, 6) is -0.680. The molecule has 148 valence electrons. The van der Waals surface area contributed by atoms with Crippen molar-refractivity contribution in [2.24, 2.45) is 0 Å². The van der Waals surface area contributed by atoms with Crippen LogP contribution in [0.4, 0.5) is 5.69 Å². The van der Waals surface area contributed by atoms with Gasteiger partial charge in [-0.25, -0.2) is 17.2 Å². The number of hydrogen-bond acceptors (Lipinski definition) is 6. The van der Waals surface area contributed by atoms with E-state index in [1.54, 1.807) is 10.7 Å². The highest BCUT2D eigenvalue weighted by molar-refractivity contribution is 7.89. The van der Waals surface area contributed by atoms with Gasteiger partial charge in [0.15, 0.2) is 0 Å². The van der Waals surface area contributed by atoms with Crippen LogP contribution in [-0.2, 0) is 10.0 Å². The van der Waals surface area contributed by atoms with Gasteiger partial charge in [0, 0.05) is 32.0 Å². The standard InChI is InChI=1S/C20H19N5O3S/c1-23(29(27,28)17-6-4-5-15(11-17)13-21)20(26)18-14-22-25-10-7-16(12-19(18)25)24-8-2-3-9-24/h4-7,10-12,14H,2-3,8-9H2,1H3. The number of fused-ring (bicyclic) bond motifs is 1. The molecule has 1 aromatic carbocycles. The molecule has 0 spiro atoms. The molecule has 1 aliphatic rings. The lowest BCUT2D eigenvalue weighted by Gasteiger charge is -2.19.